The number of halogens is 17. The van der Waals surface area contributed by atoms with E-state index in [1.165, 1.54) is 0 Å². The van der Waals surface area contributed by atoms with Gasteiger partial charge in [0.15, 0.2) is 0 Å². The fraction of sp³-hybridized carbons (Fsp3) is 1.00. The Bertz CT molecular complexity index is 625. The SMILES string of the molecule is CCO[SiH](CC)C(F)(F)C(F)(F)C(F)(F)C(F)(F)C(F)(F)C(F)(F)C(F)(F)C(F)(F)F. The van der Waals surface area contributed by atoms with Crippen molar-refractivity contribution in [3.8, 4) is 0 Å². The van der Waals surface area contributed by atoms with Gasteiger partial charge in [-0.3, -0.25) is 0 Å². The molecule has 0 amide bonds. The lowest BCUT2D eigenvalue weighted by Gasteiger charge is -2.43. The van der Waals surface area contributed by atoms with Crippen LogP contribution in [0.1, 0.15) is 13.8 Å². The molecular formula is C12H11F17OSi. The molecule has 0 bridgehead atoms. The molecule has 19 heteroatoms. The minimum absolute atomic E-state index is 0.597. The van der Waals surface area contributed by atoms with Gasteiger partial charge in [0, 0.05) is 6.61 Å². The van der Waals surface area contributed by atoms with Gasteiger partial charge in [0.25, 0.3) is 9.04 Å². The van der Waals surface area contributed by atoms with E-state index in [1.807, 2.05) is 0 Å². The predicted molar refractivity (Wildman–Crippen MR) is 69.9 cm³/mol. The second-order valence-corrected chi connectivity index (χ2v) is 8.77. The molecule has 1 nitrogen and oxygen atoms in total. The molecule has 188 valence electrons. The summed E-state index contributed by atoms with van der Waals surface area (Å²) in [7, 11) is -5.03. The maximum absolute atomic E-state index is 13.8. The monoisotopic (exact) mass is 522 g/mol. The van der Waals surface area contributed by atoms with E-state index < -0.39 is 68.9 Å². The summed E-state index contributed by atoms with van der Waals surface area (Å²) in [5, 5.41) is 0. The Morgan fingerprint density at radius 2 is 0.774 bits per heavy atom. The van der Waals surface area contributed by atoms with Crippen molar-refractivity contribution >= 4 is 9.04 Å². The summed E-state index contributed by atoms with van der Waals surface area (Å²) in [6.45, 7) is 0.536. The molecule has 0 saturated carbocycles. The highest BCUT2D eigenvalue weighted by Gasteiger charge is 2.95. The second-order valence-electron chi connectivity index (χ2n) is 5.92. The molecule has 0 aliphatic carbocycles. The van der Waals surface area contributed by atoms with Crippen LogP contribution in [0.25, 0.3) is 0 Å². The number of alkyl halides is 17. The Labute approximate surface area is 163 Å². The molecule has 0 aliphatic rings. The third-order valence-electron chi connectivity index (χ3n) is 3.89. The quantitative estimate of drug-likeness (QED) is 0.241. The average molecular weight is 522 g/mol. The van der Waals surface area contributed by atoms with Gasteiger partial charge in [-0.1, -0.05) is 6.92 Å². The zero-order valence-electron chi connectivity index (χ0n) is 14.8. The van der Waals surface area contributed by atoms with E-state index in [9.17, 15) is 74.6 Å². The van der Waals surface area contributed by atoms with Crippen molar-refractivity contribution in [2.45, 2.75) is 67.1 Å². The molecule has 0 aromatic carbocycles. The minimum Gasteiger partial charge on any atom is -0.413 e. The van der Waals surface area contributed by atoms with Gasteiger partial charge in [0.05, 0.1) is 0 Å². The van der Waals surface area contributed by atoms with Crippen LogP contribution in [0.2, 0.25) is 6.04 Å². The molecule has 31 heavy (non-hydrogen) atoms. The largest absolute Gasteiger partial charge is 0.460 e. The van der Waals surface area contributed by atoms with Crippen molar-refractivity contribution < 1.29 is 79.1 Å². The summed E-state index contributed by atoms with van der Waals surface area (Å²) >= 11 is 0. The maximum atomic E-state index is 13.8. The lowest BCUT2D eigenvalue weighted by molar-refractivity contribution is -0.458. The third-order valence-corrected chi connectivity index (χ3v) is 6.54. The molecule has 0 rings (SSSR count). The van der Waals surface area contributed by atoms with Gasteiger partial charge in [-0.2, -0.15) is 65.9 Å². The molecule has 0 saturated heterocycles. The summed E-state index contributed by atoms with van der Waals surface area (Å²) in [5.74, 6) is -49.7. The van der Waals surface area contributed by atoms with E-state index in [-0.39, 0.29) is 0 Å². The summed E-state index contributed by atoms with van der Waals surface area (Å²) in [6, 6.07) is -1.23. The Morgan fingerprint density at radius 3 is 1.03 bits per heavy atom. The van der Waals surface area contributed by atoms with Gasteiger partial charge in [-0.25, -0.2) is 8.78 Å². The van der Waals surface area contributed by atoms with Gasteiger partial charge >= 0.3 is 47.3 Å². The molecule has 0 heterocycles. The van der Waals surface area contributed by atoms with Crippen LogP contribution in [0.4, 0.5) is 74.6 Å². The predicted octanol–water partition coefficient (Wildman–Crippen LogP) is 6.32. The molecule has 0 fully saturated rings. The normalized spacial score (nSPS) is 17.1. The topological polar surface area (TPSA) is 9.23 Å². The third kappa shape index (κ3) is 3.96. The van der Waals surface area contributed by atoms with Crippen LogP contribution in [0, 0.1) is 0 Å². The Kier molecular flexibility index (Phi) is 7.82. The van der Waals surface area contributed by atoms with Crippen LogP contribution in [0.5, 0.6) is 0 Å². The number of hydrogen-bond donors (Lipinski definition) is 0. The molecule has 0 aromatic heterocycles. The van der Waals surface area contributed by atoms with Crippen LogP contribution in [0.15, 0.2) is 0 Å². The van der Waals surface area contributed by atoms with Crippen LogP contribution in [-0.2, 0) is 4.43 Å². The molecule has 0 N–H and O–H groups in total. The first-order valence-electron chi connectivity index (χ1n) is 7.60. The van der Waals surface area contributed by atoms with Gasteiger partial charge in [-0.15, -0.1) is 0 Å². The first kappa shape index (κ1) is 30.0. The highest BCUT2D eigenvalue weighted by molar-refractivity contribution is 6.55. The fourth-order valence-electron chi connectivity index (χ4n) is 2.06. The van der Waals surface area contributed by atoms with E-state index >= 15 is 0 Å². The first-order valence-corrected chi connectivity index (χ1v) is 9.46. The highest BCUT2D eigenvalue weighted by Crippen LogP contribution is 2.64. The second kappa shape index (κ2) is 8.09. The smallest absolute Gasteiger partial charge is 0.413 e. The highest BCUT2D eigenvalue weighted by atomic mass is 28.3. The van der Waals surface area contributed by atoms with E-state index in [0.717, 1.165) is 6.92 Å². The summed E-state index contributed by atoms with van der Waals surface area (Å²) in [5.41, 5.74) is -6.37. The number of hydrogen-bond acceptors (Lipinski definition) is 1. The van der Waals surface area contributed by atoms with Gasteiger partial charge < -0.3 is 4.43 Å². The van der Waals surface area contributed by atoms with Crippen LogP contribution >= 0.6 is 0 Å². The Morgan fingerprint density at radius 1 is 0.484 bits per heavy atom. The van der Waals surface area contributed by atoms with E-state index in [4.69, 9.17) is 0 Å². The van der Waals surface area contributed by atoms with Crippen molar-refractivity contribution in [1.29, 1.82) is 0 Å². The van der Waals surface area contributed by atoms with Gasteiger partial charge in [-0.05, 0) is 13.0 Å². The average Bonchev–Trinajstić information content (AvgIpc) is 2.57. The summed E-state index contributed by atoms with van der Waals surface area (Å²) < 4.78 is 227. The lowest BCUT2D eigenvalue weighted by Crippen LogP contribution is -2.75. The van der Waals surface area contributed by atoms with E-state index in [1.54, 1.807) is 0 Å². The lowest BCUT2D eigenvalue weighted by atomic mass is 9.91. The van der Waals surface area contributed by atoms with E-state index in [2.05, 4.69) is 4.43 Å². The molecule has 0 spiro atoms. The van der Waals surface area contributed by atoms with Crippen molar-refractivity contribution in [2.24, 2.45) is 0 Å². The summed E-state index contributed by atoms with van der Waals surface area (Å²) in [4.78, 5) is 0. The molecule has 1 atom stereocenters. The fourth-order valence-corrected chi connectivity index (χ4v) is 4.00. The van der Waals surface area contributed by atoms with Crippen molar-refractivity contribution in [3.63, 3.8) is 0 Å². The first-order chi connectivity index (χ1) is 13.3. The maximum Gasteiger partial charge on any atom is 0.460 e. The minimum atomic E-state index is -8.60. The van der Waals surface area contributed by atoms with Crippen molar-refractivity contribution in [1.82, 2.24) is 0 Å². The molecule has 0 aromatic rings. The molecule has 1 unspecified atom stereocenters. The Hall–Kier alpha value is -1.01. The summed E-state index contributed by atoms with van der Waals surface area (Å²) in [6.07, 6.45) is -7.76. The Balaban J connectivity index is 6.76. The van der Waals surface area contributed by atoms with Crippen molar-refractivity contribution in [2.75, 3.05) is 6.61 Å². The molecule has 0 radical (unpaired) electrons. The van der Waals surface area contributed by atoms with Gasteiger partial charge in [0.2, 0.25) is 0 Å². The van der Waals surface area contributed by atoms with Gasteiger partial charge in [0.1, 0.15) is 0 Å². The zero-order chi connectivity index (χ0) is 25.7. The van der Waals surface area contributed by atoms with Crippen LogP contribution in [-0.4, -0.2) is 62.9 Å². The van der Waals surface area contributed by atoms with Crippen LogP contribution < -0.4 is 0 Å². The standard InChI is InChI=1S/C12H11F17OSi/c1-3-30-31(4-2)12(28,29)10(23,24)8(19,20)6(15,16)5(13,14)7(17,18)9(21,22)11(25,26)27/h31H,3-4H2,1-2H3. The van der Waals surface area contributed by atoms with Crippen LogP contribution in [0.3, 0.4) is 0 Å². The zero-order valence-corrected chi connectivity index (χ0v) is 16.0. The van der Waals surface area contributed by atoms with Crippen molar-refractivity contribution in [3.05, 3.63) is 0 Å². The number of rotatable bonds is 10. The molecular weight excluding hydrogens is 511 g/mol. The molecule has 0 aliphatic heterocycles. The van der Waals surface area contributed by atoms with E-state index in [0.29, 0.717) is 6.92 Å².